The molecule has 0 radical (unpaired) electrons. The summed E-state index contributed by atoms with van der Waals surface area (Å²) in [6.07, 6.45) is 1.58. The molecule has 6 nitrogen and oxygen atoms in total. The molecule has 8 heteroatoms. The minimum atomic E-state index is -3.88. The van der Waals surface area contributed by atoms with E-state index in [0.717, 1.165) is 6.42 Å². The minimum absolute atomic E-state index is 0.208. The molecule has 0 atom stereocenters. The van der Waals surface area contributed by atoms with Crippen molar-refractivity contribution in [1.82, 2.24) is 14.8 Å². The lowest BCUT2D eigenvalue weighted by molar-refractivity contribution is 0.183. The molecule has 18 heavy (non-hydrogen) atoms. The molecule has 1 aromatic heterocycles. The van der Waals surface area contributed by atoms with Crippen LogP contribution in [-0.4, -0.2) is 36.9 Å². The molecule has 0 aromatic carbocycles. The molecular weight excluding hydrogens is 278 g/mol. The van der Waals surface area contributed by atoms with Crippen LogP contribution in [0.2, 0.25) is 0 Å². The molecule has 1 heterocycles. The van der Waals surface area contributed by atoms with Crippen LogP contribution in [0, 0.1) is 5.92 Å². The van der Waals surface area contributed by atoms with E-state index >= 15 is 0 Å². The number of halogens is 1. The van der Waals surface area contributed by atoms with E-state index in [1.54, 1.807) is 7.11 Å². The summed E-state index contributed by atoms with van der Waals surface area (Å²) < 4.78 is 29.2. The van der Waals surface area contributed by atoms with Crippen LogP contribution in [0.25, 0.3) is 0 Å². The average molecular weight is 296 g/mol. The standard InChI is InChI=1S/C10H18ClN3O3S/c1-8(2)4-5-9-12-13-10(18(11,15)16)14(9)6-7-17-3/h8H,4-7H2,1-3H3. The zero-order chi connectivity index (χ0) is 13.8. The van der Waals surface area contributed by atoms with Crippen molar-refractivity contribution in [2.24, 2.45) is 5.92 Å². The molecule has 0 bridgehead atoms. The number of methoxy groups -OCH3 is 1. The summed E-state index contributed by atoms with van der Waals surface area (Å²) in [4.78, 5) is 0. The third-order valence-corrected chi connectivity index (χ3v) is 3.63. The van der Waals surface area contributed by atoms with E-state index < -0.39 is 9.05 Å². The molecule has 104 valence electrons. The van der Waals surface area contributed by atoms with Gasteiger partial charge in [-0.05, 0) is 12.3 Å². The Labute approximate surface area is 112 Å². The lowest BCUT2D eigenvalue weighted by Crippen LogP contribution is -2.13. The molecule has 0 spiro atoms. The first-order chi connectivity index (χ1) is 8.36. The van der Waals surface area contributed by atoms with E-state index in [4.69, 9.17) is 15.4 Å². The van der Waals surface area contributed by atoms with Crippen molar-refractivity contribution in [2.45, 2.75) is 38.4 Å². The van der Waals surface area contributed by atoms with Gasteiger partial charge < -0.3 is 4.74 Å². The SMILES string of the molecule is COCCn1c(CCC(C)C)nnc1S(=O)(=O)Cl. The molecule has 1 rings (SSSR count). The van der Waals surface area contributed by atoms with Gasteiger partial charge >= 0.3 is 0 Å². The quantitative estimate of drug-likeness (QED) is 0.712. The maximum absolute atomic E-state index is 11.4. The third-order valence-electron chi connectivity index (χ3n) is 2.48. The Hall–Kier alpha value is -0.660. The smallest absolute Gasteiger partial charge is 0.296 e. The van der Waals surface area contributed by atoms with Crippen molar-refractivity contribution < 1.29 is 13.2 Å². The molecule has 0 fully saturated rings. The molecule has 0 aliphatic carbocycles. The van der Waals surface area contributed by atoms with E-state index in [-0.39, 0.29) is 5.16 Å². The lowest BCUT2D eigenvalue weighted by atomic mass is 10.1. The summed E-state index contributed by atoms with van der Waals surface area (Å²) in [7, 11) is 3.00. The molecule has 1 aromatic rings. The number of ether oxygens (including phenoxy) is 1. The average Bonchev–Trinajstić information content (AvgIpc) is 2.66. The van der Waals surface area contributed by atoms with E-state index in [1.165, 1.54) is 4.57 Å². The molecule has 0 saturated heterocycles. The number of aromatic nitrogens is 3. The molecular formula is C10H18ClN3O3S. The zero-order valence-corrected chi connectivity index (χ0v) is 12.3. The maximum atomic E-state index is 11.4. The Morgan fingerprint density at radius 3 is 2.56 bits per heavy atom. The van der Waals surface area contributed by atoms with Gasteiger partial charge in [-0.25, -0.2) is 8.42 Å². The predicted molar refractivity (Wildman–Crippen MR) is 68.1 cm³/mol. The van der Waals surface area contributed by atoms with Gasteiger partial charge in [0, 0.05) is 30.8 Å². The van der Waals surface area contributed by atoms with Crippen molar-refractivity contribution in [3.05, 3.63) is 5.82 Å². The molecule has 0 unspecified atom stereocenters. The van der Waals surface area contributed by atoms with Crippen LogP contribution in [-0.2, 0) is 26.8 Å². The van der Waals surface area contributed by atoms with Crippen LogP contribution >= 0.6 is 10.7 Å². The second-order valence-electron chi connectivity index (χ2n) is 4.41. The van der Waals surface area contributed by atoms with Gasteiger partial charge in [0.25, 0.3) is 14.2 Å². The van der Waals surface area contributed by atoms with Gasteiger partial charge in [0.05, 0.1) is 6.61 Å². The number of hydrogen-bond acceptors (Lipinski definition) is 5. The third kappa shape index (κ3) is 4.22. The van der Waals surface area contributed by atoms with Crippen molar-refractivity contribution in [1.29, 1.82) is 0 Å². The highest BCUT2D eigenvalue weighted by Crippen LogP contribution is 2.16. The summed E-state index contributed by atoms with van der Waals surface area (Å²) in [6, 6.07) is 0. The Kier molecular flexibility index (Phi) is 5.55. The Balaban J connectivity index is 2.99. The molecule has 0 N–H and O–H groups in total. The van der Waals surface area contributed by atoms with Crippen LogP contribution in [0.1, 0.15) is 26.1 Å². The second-order valence-corrected chi connectivity index (χ2v) is 6.87. The molecule has 0 aliphatic rings. The molecule has 0 saturated carbocycles. The summed E-state index contributed by atoms with van der Waals surface area (Å²) >= 11 is 0. The Morgan fingerprint density at radius 2 is 2.06 bits per heavy atom. The lowest BCUT2D eigenvalue weighted by Gasteiger charge is -2.09. The highest BCUT2D eigenvalue weighted by atomic mass is 35.7. The van der Waals surface area contributed by atoms with Crippen molar-refractivity contribution in [3.63, 3.8) is 0 Å². The summed E-state index contributed by atoms with van der Waals surface area (Å²) in [5.41, 5.74) is 0. The fourth-order valence-electron chi connectivity index (χ4n) is 1.51. The van der Waals surface area contributed by atoms with Crippen LogP contribution in [0.5, 0.6) is 0 Å². The second kappa shape index (κ2) is 6.49. The van der Waals surface area contributed by atoms with Gasteiger partial charge in [0.15, 0.2) is 0 Å². The summed E-state index contributed by atoms with van der Waals surface area (Å²) in [6.45, 7) is 4.94. The molecule has 0 aliphatic heterocycles. The van der Waals surface area contributed by atoms with Gasteiger partial charge in [-0.2, -0.15) is 0 Å². The zero-order valence-electron chi connectivity index (χ0n) is 10.8. The van der Waals surface area contributed by atoms with E-state index in [0.29, 0.717) is 31.3 Å². The first kappa shape index (κ1) is 15.4. The van der Waals surface area contributed by atoms with Gasteiger partial charge in [0.1, 0.15) is 5.82 Å². The monoisotopic (exact) mass is 295 g/mol. The summed E-state index contributed by atoms with van der Waals surface area (Å²) in [5, 5.41) is 7.35. The summed E-state index contributed by atoms with van der Waals surface area (Å²) in [5.74, 6) is 1.13. The number of aryl methyl sites for hydroxylation is 1. The first-order valence-corrected chi connectivity index (χ1v) is 8.03. The number of hydrogen-bond donors (Lipinski definition) is 0. The van der Waals surface area contributed by atoms with E-state index in [1.807, 2.05) is 0 Å². The normalized spacial score (nSPS) is 12.3. The van der Waals surface area contributed by atoms with E-state index in [9.17, 15) is 8.42 Å². The largest absolute Gasteiger partial charge is 0.383 e. The van der Waals surface area contributed by atoms with Crippen molar-refractivity contribution in [3.8, 4) is 0 Å². The van der Waals surface area contributed by atoms with Gasteiger partial charge in [0.2, 0.25) is 0 Å². The molecule has 0 amide bonds. The van der Waals surface area contributed by atoms with Gasteiger partial charge in [-0.3, -0.25) is 4.57 Å². The van der Waals surface area contributed by atoms with Crippen molar-refractivity contribution in [2.75, 3.05) is 13.7 Å². The fourth-order valence-corrected chi connectivity index (χ4v) is 2.45. The first-order valence-electron chi connectivity index (χ1n) is 5.72. The number of nitrogens with zero attached hydrogens (tertiary/aromatic N) is 3. The van der Waals surface area contributed by atoms with Crippen LogP contribution in [0.3, 0.4) is 0 Å². The van der Waals surface area contributed by atoms with Crippen LogP contribution < -0.4 is 0 Å². The minimum Gasteiger partial charge on any atom is -0.383 e. The Morgan fingerprint density at radius 1 is 1.39 bits per heavy atom. The predicted octanol–water partition coefficient (Wildman–Crippen LogP) is 1.44. The van der Waals surface area contributed by atoms with Gasteiger partial charge in [-0.1, -0.05) is 13.8 Å². The number of rotatable bonds is 7. The van der Waals surface area contributed by atoms with E-state index in [2.05, 4.69) is 24.0 Å². The van der Waals surface area contributed by atoms with Crippen LogP contribution in [0.15, 0.2) is 5.16 Å². The topological polar surface area (TPSA) is 74.1 Å². The van der Waals surface area contributed by atoms with Gasteiger partial charge in [-0.15, -0.1) is 10.2 Å². The highest BCUT2D eigenvalue weighted by Gasteiger charge is 2.22. The van der Waals surface area contributed by atoms with Crippen LogP contribution in [0.4, 0.5) is 0 Å². The Bertz CT molecular complexity index is 485. The van der Waals surface area contributed by atoms with Crippen molar-refractivity contribution >= 4 is 19.7 Å². The highest BCUT2D eigenvalue weighted by molar-refractivity contribution is 8.13. The maximum Gasteiger partial charge on any atom is 0.296 e. The fraction of sp³-hybridized carbons (Fsp3) is 0.800.